The lowest BCUT2D eigenvalue weighted by Crippen LogP contribution is -2.40. The van der Waals surface area contributed by atoms with Gasteiger partial charge in [-0.1, -0.05) is 6.92 Å². The Balaban J connectivity index is 1.91. The van der Waals surface area contributed by atoms with E-state index >= 15 is 0 Å². The van der Waals surface area contributed by atoms with E-state index in [-0.39, 0.29) is 22.8 Å². The van der Waals surface area contributed by atoms with Crippen LogP contribution in [0.25, 0.3) is 11.0 Å². The van der Waals surface area contributed by atoms with Crippen LogP contribution in [0.3, 0.4) is 0 Å². The summed E-state index contributed by atoms with van der Waals surface area (Å²) in [5, 5.41) is 14.0. The summed E-state index contributed by atoms with van der Waals surface area (Å²) >= 11 is 0. The fraction of sp³-hybridized carbons (Fsp3) is 0.500. The number of amides is 1. The topological polar surface area (TPSA) is 84.2 Å². The highest BCUT2D eigenvalue weighted by Gasteiger charge is 2.29. The van der Waals surface area contributed by atoms with E-state index in [0.717, 1.165) is 25.9 Å². The predicted octanol–water partition coefficient (Wildman–Crippen LogP) is 2.37. The minimum Gasteiger partial charge on any atom is -0.504 e. The van der Waals surface area contributed by atoms with Crippen molar-refractivity contribution in [3.05, 3.63) is 17.9 Å². The van der Waals surface area contributed by atoms with E-state index in [1.54, 1.807) is 6.07 Å². The Morgan fingerprint density at radius 1 is 1.40 bits per heavy atom. The third kappa shape index (κ3) is 3.00. The van der Waals surface area contributed by atoms with Gasteiger partial charge in [0.15, 0.2) is 11.3 Å². The van der Waals surface area contributed by atoms with E-state index in [1.807, 2.05) is 0 Å². The van der Waals surface area contributed by atoms with Gasteiger partial charge in [-0.3, -0.25) is 9.69 Å². The number of nitrogens with zero attached hydrogens (tertiary/aromatic N) is 1. The highest BCUT2D eigenvalue weighted by Crippen LogP contribution is 2.45. The van der Waals surface area contributed by atoms with Crippen LogP contribution >= 0.6 is 0 Å². The molecule has 2 N–H and O–H groups in total. The zero-order valence-corrected chi connectivity index (χ0v) is 14.8. The molecule has 7 heteroatoms. The van der Waals surface area contributed by atoms with Gasteiger partial charge in [-0.25, -0.2) is 0 Å². The van der Waals surface area contributed by atoms with Gasteiger partial charge in [-0.2, -0.15) is 0 Å². The Kier molecular flexibility index (Phi) is 5.03. The standard InChI is InChI=1S/C18H24N2O5/c1-4-20-8-5-6-11(20)10-19-18(22)13-14(21)17(24-3)16-12(7-9-25-16)15(13)23-2/h7,9,11,21H,4-6,8,10H2,1-3H3,(H,19,22). The van der Waals surface area contributed by atoms with Crippen molar-refractivity contribution in [1.29, 1.82) is 0 Å². The summed E-state index contributed by atoms with van der Waals surface area (Å²) in [5.74, 6) is -0.267. The Morgan fingerprint density at radius 3 is 2.84 bits per heavy atom. The number of aromatic hydroxyl groups is 1. The molecule has 1 aromatic heterocycles. The largest absolute Gasteiger partial charge is 0.504 e. The third-order valence-corrected chi connectivity index (χ3v) is 4.83. The minimum absolute atomic E-state index is 0.0642. The molecule has 7 nitrogen and oxygen atoms in total. The van der Waals surface area contributed by atoms with Gasteiger partial charge < -0.3 is 24.3 Å². The molecule has 1 unspecified atom stereocenters. The number of ether oxygens (including phenoxy) is 2. The maximum atomic E-state index is 12.8. The molecule has 2 aromatic rings. The zero-order valence-electron chi connectivity index (χ0n) is 14.8. The number of rotatable bonds is 6. The maximum absolute atomic E-state index is 12.8. The molecule has 1 amide bonds. The van der Waals surface area contributed by atoms with Crippen LogP contribution in [0.2, 0.25) is 0 Å². The quantitative estimate of drug-likeness (QED) is 0.834. The lowest BCUT2D eigenvalue weighted by atomic mass is 10.1. The number of phenols is 1. The maximum Gasteiger partial charge on any atom is 0.259 e. The summed E-state index contributed by atoms with van der Waals surface area (Å²) in [6.07, 6.45) is 3.66. The number of fused-ring (bicyclic) bond motifs is 1. The summed E-state index contributed by atoms with van der Waals surface area (Å²) < 4.78 is 16.0. The second kappa shape index (κ2) is 7.23. The molecule has 136 valence electrons. The monoisotopic (exact) mass is 348 g/mol. The average Bonchev–Trinajstić information content (AvgIpc) is 3.27. The lowest BCUT2D eigenvalue weighted by molar-refractivity contribution is 0.0935. The highest BCUT2D eigenvalue weighted by atomic mass is 16.5. The Bertz CT molecular complexity index is 770. The SMILES string of the molecule is CCN1CCCC1CNC(=O)c1c(O)c(OC)c2occc2c1OC. The van der Waals surface area contributed by atoms with Gasteiger partial charge in [0.05, 0.1) is 25.9 Å². The molecule has 1 saturated heterocycles. The number of carbonyl (C=O) groups is 1. The predicted molar refractivity (Wildman–Crippen MR) is 93.6 cm³/mol. The van der Waals surface area contributed by atoms with Gasteiger partial charge in [0, 0.05) is 12.6 Å². The first kappa shape index (κ1) is 17.4. The highest BCUT2D eigenvalue weighted by molar-refractivity contribution is 6.08. The van der Waals surface area contributed by atoms with Gasteiger partial charge in [0.25, 0.3) is 5.91 Å². The van der Waals surface area contributed by atoms with Crippen molar-refractivity contribution in [1.82, 2.24) is 10.2 Å². The molecule has 1 aliphatic rings. The molecule has 2 heterocycles. The second-order valence-corrected chi connectivity index (χ2v) is 6.09. The van der Waals surface area contributed by atoms with Gasteiger partial charge in [-0.05, 0) is 32.0 Å². The Morgan fingerprint density at radius 2 is 2.16 bits per heavy atom. The fourth-order valence-electron chi connectivity index (χ4n) is 3.58. The van der Waals surface area contributed by atoms with Crippen LogP contribution in [0.4, 0.5) is 0 Å². The van der Waals surface area contributed by atoms with E-state index in [2.05, 4.69) is 17.1 Å². The average molecular weight is 348 g/mol. The van der Waals surface area contributed by atoms with E-state index in [0.29, 0.717) is 23.6 Å². The van der Waals surface area contributed by atoms with Crippen molar-refractivity contribution in [2.24, 2.45) is 0 Å². The molecule has 1 atom stereocenters. The van der Waals surface area contributed by atoms with E-state index in [4.69, 9.17) is 13.9 Å². The Hall–Kier alpha value is -2.41. The number of methoxy groups -OCH3 is 2. The third-order valence-electron chi connectivity index (χ3n) is 4.83. The van der Waals surface area contributed by atoms with Crippen LogP contribution in [0, 0.1) is 0 Å². The molecule has 0 aliphatic carbocycles. The molecule has 1 fully saturated rings. The van der Waals surface area contributed by atoms with Crippen molar-refractivity contribution in [3.63, 3.8) is 0 Å². The Labute approximate surface area is 146 Å². The number of carbonyl (C=O) groups excluding carboxylic acids is 1. The number of phenolic OH excluding ortho intramolecular Hbond substituents is 1. The van der Waals surface area contributed by atoms with Crippen LogP contribution in [-0.2, 0) is 0 Å². The zero-order chi connectivity index (χ0) is 18.0. The molecular formula is C18H24N2O5. The molecule has 1 aliphatic heterocycles. The number of nitrogens with one attached hydrogen (secondary N) is 1. The first-order chi connectivity index (χ1) is 12.1. The summed E-state index contributed by atoms with van der Waals surface area (Å²) in [5.41, 5.74) is 0.413. The number of hydrogen-bond acceptors (Lipinski definition) is 6. The van der Waals surface area contributed by atoms with Gasteiger partial charge in [0.1, 0.15) is 11.3 Å². The van der Waals surface area contributed by atoms with Crippen LogP contribution in [0.1, 0.15) is 30.1 Å². The van der Waals surface area contributed by atoms with Crippen molar-refractivity contribution in [3.8, 4) is 17.2 Å². The van der Waals surface area contributed by atoms with Crippen LogP contribution in [0.15, 0.2) is 16.7 Å². The van der Waals surface area contributed by atoms with E-state index < -0.39 is 5.91 Å². The fourth-order valence-corrected chi connectivity index (χ4v) is 3.58. The number of benzene rings is 1. The number of hydrogen-bond donors (Lipinski definition) is 2. The first-order valence-electron chi connectivity index (χ1n) is 8.48. The molecule has 25 heavy (non-hydrogen) atoms. The first-order valence-corrected chi connectivity index (χ1v) is 8.48. The summed E-state index contributed by atoms with van der Waals surface area (Å²) in [6.45, 7) is 4.66. The normalized spacial score (nSPS) is 17.8. The lowest BCUT2D eigenvalue weighted by Gasteiger charge is -2.23. The number of likely N-dealkylation sites (tertiary alicyclic amines) is 1. The van der Waals surface area contributed by atoms with Crippen LogP contribution in [0.5, 0.6) is 17.2 Å². The summed E-state index contributed by atoms with van der Waals surface area (Å²) in [6, 6.07) is 2.00. The molecule has 0 spiro atoms. The summed E-state index contributed by atoms with van der Waals surface area (Å²) in [7, 11) is 2.88. The van der Waals surface area contributed by atoms with Crippen molar-refractivity contribution in [2.75, 3.05) is 33.9 Å². The molecular weight excluding hydrogens is 324 g/mol. The van der Waals surface area contributed by atoms with Crippen molar-refractivity contribution < 1.29 is 23.8 Å². The molecule has 0 radical (unpaired) electrons. The van der Waals surface area contributed by atoms with E-state index in [9.17, 15) is 9.90 Å². The van der Waals surface area contributed by atoms with Crippen LogP contribution in [-0.4, -0.2) is 55.8 Å². The van der Waals surface area contributed by atoms with Crippen LogP contribution < -0.4 is 14.8 Å². The van der Waals surface area contributed by atoms with Gasteiger partial charge in [0.2, 0.25) is 5.75 Å². The van der Waals surface area contributed by atoms with Crippen molar-refractivity contribution >= 4 is 16.9 Å². The summed E-state index contributed by atoms with van der Waals surface area (Å²) in [4.78, 5) is 15.1. The van der Waals surface area contributed by atoms with Gasteiger partial charge in [-0.15, -0.1) is 0 Å². The molecule has 0 saturated carbocycles. The molecule has 0 bridgehead atoms. The number of furan rings is 1. The van der Waals surface area contributed by atoms with Gasteiger partial charge >= 0.3 is 0 Å². The molecule has 1 aromatic carbocycles. The minimum atomic E-state index is -0.390. The number of likely N-dealkylation sites (N-methyl/N-ethyl adjacent to an activating group) is 1. The second-order valence-electron chi connectivity index (χ2n) is 6.09. The van der Waals surface area contributed by atoms with Crippen molar-refractivity contribution in [2.45, 2.75) is 25.8 Å². The molecule has 3 rings (SSSR count). The van der Waals surface area contributed by atoms with E-state index in [1.165, 1.54) is 20.5 Å². The smallest absolute Gasteiger partial charge is 0.259 e.